The van der Waals surface area contributed by atoms with Crippen molar-refractivity contribution < 1.29 is 27.8 Å². The first kappa shape index (κ1) is 21.1. The van der Waals surface area contributed by atoms with Gasteiger partial charge in [-0.1, -0.05) is 30.3 Å². The molecule has 2 aromatic rings. The van der Waals surface area contributed by atoms with Crippen molar-refractivity contribution >= 4 is 15.8 Å². The third-order valence-electron chi connectivity index (χ3n) is 5.16. The fraction of sp³-hybridized carbons (Fsp3) is 0.381. The van der Waals surface area contributed by atoms with Crippen molar-refractivity contribution in [2.45, 2.75) is 29.0 Å². The molecule has 2 unspecified atom stereocenters. The molecule has 0 spiro atoms. The maximum atomic E-state index is 13.1. The molecule has 29 heavy (non-hydrogen) atoms. The van der Waals surface area contributed by atoms with Gasteiger partial charge in [-0.05, 0) is 37.1 Å². The van der Waals surface area contributed by atoms with Crippen LogP contribution in [-0.2, 0) is 14.6 Å². The molecule has 1 fully saturated rings. The van der Waals surface area contributed by atoms with Crippen LogP contribution in [0.15, 0.2) is 59.5 Å². The summed E-state index contributed by atoms with van der Waals surface area (Å²) in [4.78, 5) is 13.7. The standard InChI is InChI=1S/C21H25NO6S/c1-27-19-9-5-6-10-20(19)29(25,26)17-11-12-22(18(15-17)21(23)24)13-14-28-16-7-3-2-4-8-16/h2-10,17-18H,11-15H2,1H3,(H,23,24). The maximum absolute atomic E-state index is 13.1. The number of likely N-dealkylation sites (tertiary alicyclic amines) is 1. The summed E-state index contributed by atoms with van der Waals surface area (Å²) in [7, 11) is -2.28. The molecule has 0 amide bonds. The highest BCUT2D eigenvalue weighted by Crippen LogP contribution is 2.32. The lowest BCUT2D eigenvalue weighted by molar-refractivity contribution is -0.144. The van der Waals surface area contributed by atoms with E-state index in [9.17, 15) is 18.3 Å². The van der Waals surface area contributed by atoms with Crippen molar-refractivity contribution in [3.8, 4) is 11.5 Å². The van der Waals surface area contributed by atoms with E-state index < -0.39 is 27.1 Å². The molecule has 2 aromatic carbocycles. The number of hydrogen-bond acceptors (Lipinski definition) is 6. The van der Waals surface area contributed by atoms with Crippen LogP contribution in [0.4, 0.5) is 0 Å². The fourth-order valence-electron chi connectivity index (χ4n) is 3.62. The van der Waals surface area contributed by atoms with Crippen LogP contribution >= 0.6 is 0 Å². The lowest BCUT2D eigenvalue weighted by atomic mass is 10.0. The van der Waals surface area contributed by atoms with E-state index in [1.807, 2.05) is 30.3 Å². The number of para-hydroxylation sites is 2. The third-order valence-corrected chi connectivity index (χ3v) is 7.41. The van der Waals surface area contributed by atoms with Gasteiger partial charge >= 0.3 is 5.97 Å². The Kier molecular flexibility index (Phi) is 6.76. The first-order chi connectivity index (χ1) is 13.9. The van der Waals surface area contributed by atoms with Gasteiger partial charge < -0.3 is 14.6 Å². The van der Waals surface area contributed by atoms with Gasteiger partial charge in [-0.25, -0.2) is 8.42 Å². The van der Waals surface area contributed by atoms with Gasteiger partial charge in [0.15, 0.2) is 9.84 Å². The summed E-state index contributed by atoms with van der Waals surface area (Å²) in [6, 6.07) is 14.8. The van der Waals surface area contributed by atoms with Gasteiger partial charge in [0.05, 0.1) is 12.4 Å². The smallest absolute Gasteiger partial charge is 0.320 e. The number of methoxy groups -OCH3 is 1. The zero-order chi connectivity index (χ0) is 20.9. The lowest BCUT2D eigenvalue weighted by Gasteiger charge is -2.36. The number of carboxylic acid groups (broad SMARTS) is 1. The Bertz CT molecular complexity index is 931. The van der Waals surface area contributed by atoms with E-state index in [0.717, 1.165) is 0 Å². The number of aliphatic carboxylic acids is 1. The van der Waals surface area contributed by atoms with E-state index in [2.05, 4.69) is 0 Å². The lowest BCUT2D eigenvalue weighted by Crippen LogP contribution is -2.51. The van der Waals surface area contributed by atoms with E-state index in [0.29, 0.717) is 31.9 Å². The monoisotopic (exact) mass is 419 g/mol. The molecule has 0 saturated carbocycles. The molecule has 0 bridgehead atoms. The van der Waals surface area contributed by atoms with Crippen LogP contribution in [0.2, 0.25) is 0 Å². The zero-order valence-corrected chi connectivity index (χ0v) is 17.0. The van der Waals surface area contributed by atoms with Crippen LogP contribution in [-0.4, -0.2) is 62.5 Å². The van der Waals surface area contributed by atoms with Crippen molar-refractivity contribution in [2.24, 2.45) is 0 Å². The first-order valence-electron chi connectivity index (χ1n) is 9.45. The van der Waals surface area contributed by atoms with Crippen molar-refractivity contribution in [2.75, 3.05) is 26.8 Å². The van der Waals surface area contributed by atoms with Crippen LogP contribution in [0.1, 0.15) is 12.8 Å². The minimum Gasteiger partial charge on any atom is -0.495 e. The van der Waals surface area contributed by atoms with Crippen molar-refractivity contribution in [3.63, 3.8) is 0 Å². The summed E-state index contributed by atoms with van der Waals surface area (Å²) in [6.45, 7) is 1.11. The zero-order valence-electron chi connectivity index (χ0n) is 16.2. The van der Waals surface area contributed by atoms with E-state index in [1.165, 1.54) is 13.2 Å². The number of nitrogens with zero attached hydrogens (tertiary/aromatic N) is 1. The molecule has 7 nitrogen and oxygen atoms in total. The Morgan fingerprint density at radius 1 is 1.14 bits per heavy atom. The highest BCUT2D eigenvalue weighted by atomic mass is 32.2. The van der Waals surface area contributed by atoms with Crippen molar-refractivity contribution in [1.82, 2.24) is 4.90 Å². The average molecular weight is 419 g/mol. The molecule has 1 aliphatic heterocycles. The number of sulfone groups is 1. The summed E-state index contributed by atoms with van der Waals surface area (Å²) in [6.07, 6.45) is 0.385. The van der Waals surface area contributed by atoms with E-state index >= 15 is 0 Å². The van der Waals surface area contributed by atoms with Crippen LogP contribution < -0.4 is 9.47 Å². The normalized spacial score (nSPS) is 20.2. The minimum absolute atomic E-state index is 0.0288. The van der Waals surface area contributed by atoms with Gasteiger partial charge in [-0.3, -0.25) is 9.69 Å². The Hall–Kier alpha value is -2.58. The highest BCUT2D eigenvalue weighted by molar-refractivity contribution is 7.92. The molecule has 3 rings (SSSR count). The molecule has 0 radical (unpaired) electrons. The third kappa shape index (κ3) is 4.89. The molecular weight excluding hydrogens is 394 g/mol. The molecule has 0 aromatic heterocycles. The van der Waals surface area contributed by atoms with Crippen LogP contribution in [0.25, 0.3) is 0 Å². The van der Waals surface area contributed by atoms with Crippen LogP contribution in [0, 0.1) is 0 Å². The highest BCUT2D eigenvalue weighted by Gasteiger charge is 2.40. The second kappa shape index (κ2) is 9.28. The number of carbonyl (C=O) groups is 1. The number of piperidine rings is 1. The van der Waals surface area contributed by atoms with E-state index in [4.69, 9.17) is 9.47 Å². The Labute approximate surface area is 170 Å². The topological polar surface area (TPSA) is 93.1 Å². The summed E-state index contributed by atoms with van der Waals surface area (Å²) in [5, 5.41) is 8.91. The molecular formula is C21H25NO6S. The number of hydrogen-bond donors (Lipinski definition) is 1. The Morgan fingerprint density at radius 3 is 2.52 bits per heavy atom. The summed E-state index contributed by atoms with van der Waals surface area (Å²) >= 11 is 0. The van der Waals surface area contributed by atoms with Gasteiger partial charge in [0.1, 0.15) is 29.0 Å². The van der Waals surface area contributed by atoms with Crippen molar-refractivity contribution in [3.05, 3.63) is 54.6 Å². The number of ether oxygens (including phenoxy) is 2. The van der Waals surface area contributed by atoms with Gasteiger partial charge in [0.25, 0.3) is 0 Å². The number of rotatable bonds is 8. The van der Waals surface area contributed by atoms with Gasteiger partial charge in [-0.2, -0.15) is 0 Å². The second-order valence-electron chi connectivity index (χ2n) is 6.89. The summed E-state index contributed by atoms with van der Waals surface area (Å²) < 4.78 is 37.1. The number of carboxylic acids is 1. The predicted octanol–water partition coefficient (Wildman–Crippen LogP) is 2.47. The van der Waals surface area contributed by atoms with Gasteiger partial charge in [0.2, 0.25) is 0 Å². The second-order valence-corrected chi connectivity index (χ2v) is 9.09. The molecule has 156 valence electrons. The SMILES string of the molecule is COc1ccccc1S(=O)(=O)C1CCN(CCOc2ccccc2)C(C(=O)O)C1. The number of benzene rings is 2. The summed E-state index contributed by atoms with van der Waals surface area (Å²) in [5.41, 5.74) is 0. The average Bonchev–Trinajstić information content (AvgIpc) is 2.74. The first-order valence-corrected chi connectivity index (χ1v) is 11.0. The van der Waals surface area contributed by atoms with Crippen molar-refractivity contribution in [1.29, 1.82) is 0 Å². The quantitative estimate of drug-likeness (QED) is 0.702. The van der Waals surface area contributed by atoms with E-state index in [1.54, 1.807) is 23.1 Å². The molecule has 8 heteroatoms. The fourth-order valence-corrected chi connectivity index (χ4v) is 5.53. The largest absolute Gasteiger partial charge is 0.495 e. The summed E-state index contributed by atoms with van der Waals surface area (Å²) in [5.74, 6) is -0.0317. The van der Waals surface area contributed by atoms with Crippen LogP contribution in [0.3, 0.4) is 0 Å². The Morgan fingerprint density at radius 2 is 1.83 bits per heavy atom. The minimum atomic E-state index is -3.70. The molecule has 1 N–H and O–H groups in total. The molecule has 1 aliphatic rings. The van der Waals surface area contributed by atoms with Gasteiger partial charge in [-0.15, -0.1) is 0 Å². The molecule has 0 aliphatic carbocycles. The Balaban J connectivity index is 1.69. The van der Waals surface area contributed by atoms with Gasteiger partial charge in [0, 0.05) is 13.1 Å². The molecule has 1 heterocycles. The maximum Gasteiger partial charge on any atom is 0.320 e. The van der Waals surface area contributed by atoms with E-state index in [-0.39, 0.29) is 17.1 Å². The van der Waals surface area contributed by atoms with Crippen LogP contribution in [0.5, 0.6) is 11.5 Å². The molecule has 2 atom stereocenters. The molecule has 1 saturated heterocycles. The predicted molar refractivity (Wildman–Crippen MR) is 108 cm³/mol.